The zero-order valence-corrected chi connectivity index (χ0v) is 12.5. The highest BCUT2D eigenvalue weighted by Gasteiger charge is 2.08. The first-order valence-electron chi connectivity index (χ1n) is 7.54. The predicted molar refractivity (Wildman–Crippen MR) is 84.8 cm³/mol. The summed E-state index contributed by atoms with van der Waals surface area (Å²) < 4.78 is 0. The van der Waals surface area contributed by atoms with E-state index in [1.807, 2.05) is 12.4 Å². The normalized spacial score (nSPS) is 12.3. The molecule has 2 nitrogen and oxygen atoms in total. The average Bonchev–Trinajstić information content (AvgIpc) is 2.53. The van der Waals surface area contributed by atoms with Gasteiger partial charge in [0.15, 0.2) is 0 Å². The molecular formula is C18H24N2. The van der Waals surface area contributed by atoms with E-state index in [2.05, 4.69) is 60.5 Å². The van der Waals surface area contributed by atoms with Crippen molar-refractivity contribution in [2.45, 2.75) is 39.2 Å². The van der Waals surface area contributed by atoms with Crippen LogP contribution in [0.4, 0.5) is 0 Å². The van der Waals surface area contributed by atoms with Crippen molar-refractivity contribution in [3.05, 3.63) is 65.5 Å². The Morgan fingerprint density at radius 1 is 0.950 bits per heavy atom. The number of rotatable bonds is 7. The van der Waals surface area contributed by atoms with E-state index >= 15 is 0 Å². The minimum Gasteiger partial charge on any atom is -0.310 e. The van der Waals surface area contributed by atoms with Gasteiger partial charge in [0.2, 0.25) is 0 Å². The second-order valence-corrected chi connectivity index (χ2v) is 5.12. The molecule has 2 rings (SSSR count). The summed E-state index contributed by atoms with van der Waals surface area (Å²) in [5, 5.41) is 3.65. The summed E-state index contributed by atoms with van der Waals surface area (Å²) in [6.07, 6.45) is 6.98. The maximum absolute atomic E-state index is 4.05. The molecule has 0 bridgehead atoms. The van der Waals surface area contributed by atoms with E-state index < -0.39 is 0 Å². The molecular weight excluding hydrogens is 244 g/mol. The van der Waals surface area contributed by atoms with E-state index in [9.17, 15) is 0 Å². The molecule has 0 amide bonds. The molecule has 2 heteroatoms. The fourth-order valence-electron chi connectivity index (χ4n) is 2.42. The minimum absolute atomic E-state index is 0.447. The first-order chi connectivity index (χ1) is 9.83. The molecule has 2 aromatic rings. The van der Waals surface area contributed by atoms with Gasteiger partial charge in [-0.3, -0.25) is 4.98 Å². The van der Waals surface area contributed by atoms with E-state index in [0.717, 1.165) is 25.8 Å². The first-order valence-corrected chi connectivity index (χ1v) is 7.54. The number of benzene rings is 1. The highest BCUT2D eigenvalue weighted by Crippen LogP contribution is 2.17. The fourth-order valence-corrected chi connectivity index (χ4v) is 2.42. The van der Waals surface area contributed by atoms with Crippen LogP contribution in [0.3, 0.4) is 0 Å². The summed E-state index contributed by atoms with van der Waals surface area (Å²) in [6, 6.07) is 13.6. The van der Waals surface area contributed by atoms with Crippen molar-refractivity contribution in [1.82, 2.24) is 10.3 Å². The summed E-state index contributed by atoms with van der Waals surface area (Å²) in [5.74, 6) is 0. The van der Waals surface area contributed by atoms with Crippen LogP contribution in [0.5, 0.6) is 0 Å². The van der Waals surface area contributed by atoms with Crippen molar-refractivity contribution in [3.63, 3.8) is 0 Å². The predicted octanol–water partition coefficient (Wildman–Crippen LogP) is 3.93. The first kappa shape index (κ1) is 14.7. The van der Waals surface area contributed by atoms with Gasteiger partial charge in [0.05, 0.1) is 0 Å². The third-order valence-corrected chi connectivity index (χ3v) is 3.75. The monoisotopic (exact) mass is 268 g/mol. The fraction of sp³-hybridized carbons (Fsp3) is 0.389. The summed E-state index contributed by atoms with van der Waals surface area (Å²) in [4.78, 5) is 4.05. The van der Waals surface area contributed by atoms with Gasteiger partial charge in [0.25, 0.3) is 0 Å². The lowest BCUT2D eigenvalue weighted by molar-refractivity contribution is 0.522. The molecule has 0 aliphatic heterocycles. The number of aryl methyl sites for hydroxylation is 1. The van der Waals surface area contributed by atoms with Crippen LogP contribution in [-0.4, -0.2) is 11.5 Å². The van der Waals surface area contributed by atoms with Gasteiger partial charge >= 0.3 is 0 Å². The van der Waals surface area contributed by atoms with E-state index in [1.165, 1.54) is 16.7 Å². The molecule has 1 heterocycles. The SMILES string of the molecule is CCc1ccc(C(CC)NCCc2ccncc2)cc1. The van der Waals surface area contributed by atoms with Crippen molar-refractivity contribution in [3.8, 4) is 0 Å². The molecule has 0 spiro atoms. The van der Waals surface area contributed by atoms with E-state index in [-0.39, 0.29) is 0 Å². The second kappa shape index (κ2) is 7.81. The van der Waals surface area contributed by atoms with Gasteiger partial charge in [-0.15, -0.1) is 0 Å². The summed E-state index contributed by atoms with van der Waals surface area (Å²) >= 11 is 0. The molecule has 1 unspecified atom stereocenters. The molecule has 0 saturated carbocycles. The molecule has 0 aliphatic carbocycles. The lowest BCUT2D eigenvalue weighted by Crippen LogP contribution is -2.23. The van der Waals surface area contributed by atoms with Crippen molar-refractivity contribution >= 4 is 0 Å². The van der Waals surface area contributed by atoms with E-state index in [1.54, 1.807) is 0 Å². The van der Waals surface area contributed by atoms with E-state index in [4.69, 9.17) is 0 Å². The number of aromatic nitrogens is 1. The zero-order valence-electron chi connectivity index (χ0n) is 12.5. The quantitative estimate of drug-likeness (QED) is 0.823. The molecule has 0 saturated heterocycles. The Labute approximate surface area is 122 Å². The van der Waals surface area contributed by atoms with Crippen molar-refractivity contribution in [2.75, 3.05) is 6.54 Å². The Kier molecular flexibility index (Phi) is 5.75. The third-order valence-electron chi connectivity index (χ3n) is 3.75. The van der Waals surface area contributed by atoms with Crippen LogP contribution in [0, 0.1) is 0 Å². The minimum atomic E-state index is 0.447. The highest BCUT2D eigenvalue weighted by atomic mass is 14.9. The van der Waals surface area contributed by atoms with Crippen molar-refractivity contribution in [2.24, 2.45) is 0 Å². The molecule has 106 valence electrons. The van der Waals surface area contributed by atoms with Crippen LogP contribution in [0.2, 0.25) is 0 Å². The molecule has 1 N–H and O–H groups in total. The number of nitrogens with zero attached hydrogens (tertiary/aromatic N) is 1. The standard InChI is InChI=1S/C18H24N2/c1-3-15-5-7-17(8-6-15)18(4-2)20-14-11-16-9-12-19-13-10-16/h5-10,12-13,18,20H,3-4,11,14H2,1-2H3. The molecule has 0 radical (unpaired) electrons. The van der Waals surface area contributed by atoms with E-state index in [0.29, 0.717) is 6.04 Å². The van der Waals surface area contributed by atoms with Crippen LogP contribution in [0.15, 0.2) is 48.8 Å². The number of hydrogen-bond acceptors (Lipinski definition) is 2. The van der Waals surface area contributed by atoms with Crippen LogP contribution in [-0.2, 0) is 12.8 Å². The summed E-state index contributed by atoms with van der Waals surface area (Å²) in [7, 11) is 0. The number of nitrogens with one attached hydrogen (secondary N) is 1. The molecule has 0 aliphatic rings. The van der Waals surface area contributed by atoms with Gasteiger partial charge in [-0.05, 0) is 54.6 Å². The Hall–Kier alpha value is -1.67. The van der Waals surface area contributed by atoms with Gasteiger partial charge in [0.1, 0.15) is 0 Å². The molecule has 0 fully saturated rings. The maximum Gasteiger partial charge on any atom is 0.0317 e. The highest BCUT2D eigenvalue weighted by molar-refractivity contribution is 5.25. The molecule has 20 heavy (non-hydrogen) atoms. The molecule has 1 aromatic carbocycles. The van der Waals surface area contributed by atoms with Gasteiger partial charge in [-0.25, -0.2) is 0 Å². The van der Waals surface area contributed by atoms with Crippen LogP contribution in [0.1, 0.15) is 43.0 Å². The van der Waals surface area contributed by atoms with Gasteiger partial charge in [-0.2, -0.15) is 0 Å². The lowest BCUT2D eigenvalue weighted by atomic mass is 10.0. The Morgan fingerprint density at radius 3 is 2.25 bits per heavy atom. The summed E-state index contributed by atoms with van der Waals surface area (Å²) in [6.45, 7) is 5.43. The van der Waals surface area contributed by atoms with Gasteiger partial charge in [0, 0.05) is 18.4 Å². The second-order valence-electron chi connectivity index (χ2n) is 5.12. The van der Waals surface area contributed by atoms with Crippen molar-refractivity contribution in [1.29, 1.82) is 0 Å². The van der Waals surface area contributed by atoms with Crippen LogP contribution >= 0.6 is 0 Å². The van der Waals surface area contributed by atoms with Crippen LogP contribution < -0.4 is 5.32 Å². The number of pyridine rings is 1. The maximum atomic E-state index is 4.05. The smallest absolute Gasteiger partial charge is 0.0317 e. The summed E-state index contributed by atoms with van der Waals surface area (Å²) in [5.41, 5.74) is 4.13. The van der Waals surface area contributed by atoms with Crippen molar-refractivity contribution < 1.29 is 0 Å². The topological polar surface area (TPSA) is 24.9 Å². The Morgan fingerprint density at radius 2 is 1.65 bits per heavy atom. The third kappa shape index (κ3) is 4.17. The Balaban J connectivity index is 1.88. The van der Waals surface area contributed by atoms with Gasteiger partial charge < -0.3 is 5.32 Å². The number of hydrogen-bond donors (Lipinski definition) is 1. The largest absolute Gasteiger partial charge is 0.310 e. The van der Waals surface area contributed by atoms with Gasteiger partial charge in [-0.1, -0.05) is 38.1 Å². The lowest BCUT2D eigenvalue weighted by Gasteiger charge is -2.18. The Bertz CT molecular complexity index is 491. The molecule has 1 aromatic heterocycles. The van der Waals surface area contributed by atoms with Crippen LogP contribution in [0.25, 0.3) is 0 Å². The zero-order chi connectivity index (χ0) is 14.2. The molecule has 1 atom stereocenters. The average molecular weight is 268 g/mol.